The molecule has 1 heterocycles. The van der Waals surface area contributed by atoms with E-state index in [1.165, 1.54) is 0 Å². The molecule has 1 N–H and O–H groups in total. The lowest BCUT2D eigenvalue weighted by molar-refractivity contribution is 0.348. The van der Waals surface area contributed by atoms with Gasteiger partial charge in [0.05, 0.1) is 6.54 Å². The summed E-state index contributed by atoms with van der Waals surface area (Å²) < 4.78 is 5.62. The predicted octanol–water partition coefficient (Wildman–Crippen LogP) is 2.72. The van der Waals surface area contributed by atoms with E-state index in [4.69, 9.17) is 4.42 Å². The second-order valence-electron chi connectivity index (χ2n) is 5.67. The summed E-state index contributed by atoms with van der Waals surface area (Å²) >= 11 is 0. The van der Waals surface area contributed by atoms with Crippen molar-refractivity contribution in [1.82, 2.24) is 15.5 Å². The molecule has 4 nitrogen and oxygen atoms in total. The molecule has 1 atom stereocenters. The minimum absolute atomic E-state index is 0.0678. The van der Waals surface area contributed by atoms with Gasteiger partial charge in [-0.3, -0.25) is 0 Å². The highest BCUT2D eigenvalue weighted by molar-refractivity contribution is 4.91. The van der Waals surface area contributed by atoms with Crippen LogP contribution in [0.4, 0.5) is 0 Å². The van der Waals surface area contributed by atoms with Gasteiger partial charge < -0.3 is 9.73 Å². The van der Waals surface area contributed by atoms with Gasteiger partial charge in [-0.25, -0.2) is 0 Å². The molecule has 1 aromatic heterocycles. The van der Waals surface area contributed by atoms with Crippen molar-refractivity contribution in [2.45, 2.75) is 59.5 Å². The lowest BCUT2D eigenvalue weighted by Crippen LogP contribution is -2.35. The molecule has 1 aromatic rings. The molecule has 0 aromatic carbocycles. The van der Waals surface area contributed by atoms with Crippen LogP contribution in [0.25, 0.3) is 0 Å². The fourth-order valence-electron chi connectivity index (χ4n) is 1.15. The predicted molar refractivity (Wildman–Crippen MR) is 64.1 cm³/mol. The summed E-state index contributed by atoms with van der Waals surface area (Å²) in [5.41, 5.74) is 0.0678. The Balaban J connectivity index is 2.58. The van der Waals surface area contributed by atoms with Crippen molar-refractivity contribution in [3.05, 3.63) is 11.8 Å². The molecule has 0 aliphatic carbocycles. The average molecular weight is 225 g/mol. The maximum Gasteiger partial charge on any atom is 0.230 e. The standard InChI is InChI=1S/C12H23N3O/c1-8(2)9(3)11-15-14-10(16-11)7-13-12(4,5)6/h8-9,13H,7H2,1-6H3. The quantitative estimate of drug-likeness (QED) is 0.856. The summed E-state index contributed by atoms with van der Waals surface area (Å²) in [5, 5.41) is 11.4. The molecule has 0 saturated heterocycles. The normalized spacial score (nSPS) is 14.4. The van der Waals surface area contributed by atoms with Crippen molar-refractivity contribution in [2.24, 2.45) is 5.92 Å². The van der Waals surface area contributed by atoms with E-state index < -0.39 is 0 Å². The molecule has 0 radical (unpaired) electrons. The van der Waals surface area contributed by atoms with Gasteiger partial charge in [0.2, 0.25) is 11.8 Å². The van der Waals surface area contributed by atoms with Gasteiger partial charge in [0.1, 0.15) is 0 Å². The molecule has 0 bridgehead atoms. The Bertz CT molecular complexity index is 325. The molecule has 0 fully saturated rings. The molecular formula is C12H23N3O. The lowest BCUT2D eigenvalue weighted by Gasteiger charge is -2.18. The van der Waals surface area contributed by atoms with Crippen molar-refractivity contribution in [1.29, 1.82) is 0 Å². The highest BCUT2D eigenvalue weighted by Gasteiger charge is 2.18. The Morgan fingerprint density at radius 2 is 1.81 bits per heavy atom. The second-order valence-corrected chi connectivity index (χ2v) is 5.67. The van der Waals surface area contributed by atoms with Crippen molar-refractivity contribution in [3.63, 3.8) is 0 Å². The van der Waals surface area contributed by atoms with Crippen LogP contribution in [0.5, 0.6) is 0 Å². The highest BCUT2D eigenvalue weighted by Crippen LogP contribution is 2.22. The largest absolute Gasteiger partial charge is 0.424 e. The molecule has 0 aliphatic heterocycles. The molecule has 0 saturated carbocycles. The van der Waals surface area contributed by atoms with Gasteiger partial charge in [0, 0.05) is 11.5 Å². The number of nitrogens with zero attached hydrogens (tertiary/aromatic N) is 2. The number of hydrogen-bond acceptors (Lipinski definition) is 4. The second kappa shape index (κ2) is 4.95. The highest BCUT2D eigenvalue weighted by atomic mass is 16.4. The van der Waals surface area contributed by atoms with Crippen LogP contribution in [-0.2, 0) is 6.54 Å². The lowest BCUT2D eigenvalue weighted by atomic mass is 9.98. The molecule has 4 heteroatoms. The maximum atomic E-state index is 5.62. The minimum Gasteiger partial charge on any atom is -0.424 e. The zero-order valence-electron chi connectivity index (χ0n) is 11.2. The molecule has 1 rings (SSSR count). The Hall–Kier alpha value is -0.900. The molecule has 16 heavy (non-hydrogen) atoms. The van der Waals surface area contributed by atoms with Gasteiger partial charge in [0.25, 0.3) is 0 Å². The van der Waals surface area contributed by atoms with E-state index in [1.807, 2.05) is 0 Å². The summed E-state index contributed by atoms with van der Waals surface area (Å²) in [4.78, 5) is 0. The van der Waals surface area contributed by atoms with Crippen LogP contribution >= 0.6 is 0 Å². The van der Waals surface area contributed by atoms with Crippen LogP contribution in [0.15, 0.2) is 4.42 Å². The summed E-state index contributed by atoms with van der Waals surface area (Å²) in [6, 6.07) is 0. The third-order valence-corrected chi connectivity index (χ3v) is 2.64. The Morgan fingerprint density at radius 3 is 2.31 bits per heavy atom. The molecule has 1 unspecified atom stereocenters. The summed E-state index contributed by atoms with van der Waals surface area (Å²) in [5.74, 6) is 2.23. The summed E-state index contributed by atoms with van der Waals surface area (Å²) in [6.45, 7) is 13.4. The first kappa shape index (κ1) is 13.2. The first-order valence-electron chi connectivity index (χ1n) is 5.87. The van der Waals surface area contributed by atoms with Gasteiger partial charge in [0.15, 0.2) is 0 Å². The SMILES string of the molecule is CC(C)C(C)c1nnc(CNC(C)(C)C)o1. The van der Waals surface area contributed by atoms with Crippen LogP contribution in [0, 0.1) is 5.92 Å². The average Bonchev–Trinajstić information content (AvgIpc) is 2.60. The van der Waals surface area contributed by atoms with Crippen LogP contribution in [-0.4, -0.2) is 15.7 Å². The minimum atomic E-state index is 0.0678. The third kappa shape index (κ3) is 3.93. The van der Waals surface area contributed by atoms with Crippen LogP contribution in [0.1, 0.15) is 59.2 Å². The Labute approximate surface area is 97.8 Å². The fourth-order valence-corrected chi connectivity index (χ4v) is 1.15. The van der Waals surface area contributed by atoms with Crippen molar-refractivity contribution < 1.29 is 4.42 Å². The number of rotatable bonds is 4. The Morgan fingerprint density at radius 1 is 1.19 bits per heavy atom. The van der Waals surface area contributed by atoms with E-state index in [9.17, 15) is 0 Å². The van der Waals surface area contributed by atoms with E-state index in [0.717, 1.165) is 5.89 Å². The van der Waals surface area contributed by atoms with E-state index in [-0.39, 0.29) is 5.54 Å². The molecule has 92 valence electrons. The van der Waals surface area contributed by atoms with Crippen LogP contribution < -0.4 is 5.32 Å². The topological polar surface area (TPSA) is 51.0 Å². The zero-order chi connectivity index (χ0) is 12.3. The van der Waals surface area contributed by atoms with Gasteiger partial charge in [-0.15, -0.1) is 10.2 Å². The third-order valence-electron chi connectivity index (χ3n) is 2.64. The molecular weight excluding hydrogens is 202 g/mol. The molecule has 0 amide bonds. The molecule has 0 spiro atoms. The molecule has 0 aliphatic rings. The van der Waals surface area contributed by atoms with Crippen molar-refractivity contribution in [2.75, 3.05) is 0 Å². The van der Waals surface area contributed by atoms with E-state index in [2.05, 4.69) is 57.1 Å². The summed E-state index contributed by atoms with van der Waals surface area (Å²) in [7, 11) is 0. The van der Waals surface area contributed by atoms with Crippen LogP contribution in [0.3, 0.4) is 0 Å². The number of hydrogen-bond donors (Lipinski definition) is 1. The first-order chi connectivity index (χ1) is 7.29. The van der Waals surface area contributed by atoms with E-state index in [0.29, 0.717) is 24.3 Å². The van der Waals surface area contributed by atoms with Gasteiger partial charge in [-0.05, 0) is 26.7 Å². The Kier molecular flexibility index (Phi) is 4.08. The van der Waals surface area contributed by atoms with Crippen LogP contribution in [0.2, 0.25) is 0 Å². The van der Waals surface area contributed by atoms with Crippen molar-refractivity contribution >= 4 is 0 Å². The number of nitrogens with one attached hydrogen (secondary N) is 1. The first-order valence-corrected chi connectivity index (χ1v) is 5.87. The smallest absolute Gasteiger partial charge is 0.230 e. The fraction of sp³-hybridized carbons (Fsp3) is 0.833. The number of aromatic nitrogens is 2. The van der Waals surface area contributed by atoms with Crippen molar-refractivity contribution in [3.8, 4) is 0 Å². The van der Waals surface area contributed by atoms with E-state index in [1.54, 1.807) is 0 Å². The zero-order valence-corrected chi connectivity index (χ0v) is 11.2. The van der Waals surface area contributed by atoms with Gasteiger partial charge in [-0.2, -0.15) is 0 Å². The maximum absolute atomic E-state index is 5.62. The van der Waals surface area contributed by atoms with Gasteiger partial charge in [-0.1, -0.05) is 20.8 Å². The van der Waals surface area contributed by atoms with Gasteiger partial charge >= 0.3 is 0 Å². The van der Waals surface area contributed by atoms with E-state index >= 15 is 0 Å². The monoisotopic (exact) mass is 225 g/mol. The summed E-state index contributed by atoms with van der Waals surface area (Å²) in [6.07, 6.45) is 0.